The van der Waals surface area contributed by atoms with E-state index >= 15 is 0 Å². The number of piperazine rings is 1. The van der Waals surface area contributed by atoms with Crippen molar-refractivity contribution in [2.75, 3.05) is 26.3 Å². The number of nitrogens with one attached hydrogen (secondary N) is 2. The summed E-state index contributed by atoms with van der Waals surface area (Å²) in [6, 6.07) is 8.37. The Labute approximate surface area is 170 Å². The van der Waals surface area contributed by atoms with E-state index in [1.54, 1.807) is 0 Å². The molecule has 1 aromatic carbocycles. The highest BCUT2D eigenvalue weighted by Gasteiger charge is 2.38. The molecule has 2 amide bonds. The minimum absolute atomic E-state index is 0.0811. The molecule has 0 bridgehead atoms. The molecule has 3 atom stereocenters. The zero-order valence-corrected chi connectivity index (χ0v) is 16.8. The van der Waals surface area contributed by atoms with Crippen LogP contribution in [0.2, 0.25) is 0 Å². The SMILES string of the molecule is CC1CCCC(C(=O)N2CCNC(=O)C2CC(=O)OCCOc2ccccc2)N1. The topological polar surface area (TPSA) is 97.0 Å². The Morgan fingerprint density at radius 3 is 2.72 bits per heavy atom. The zero-order valence-electron chi connectivity index (χ0n) is 16.8. The van der Waals surface area contributed by atoms with Crippen LogP contribution < -0.4 is 15.4 Å². The maximum atomic E-state index is 13.0. The monoisotopic (exact) mass is 403 g/mol. The van der Waals surface area contributed by atoms with E-state index in [1.165, 1.54) is 4.90 Å². The summed E-state index contributed by atoms with van der Waals surface area (Å²) in [5.41, 5.74) is 0. The number of para-hydroxylation sites is 1. The Kier molecular flexibility index (Phi) is 7.46. The fraction of sp³-hybridized carbons (Fsp3) is 0.571. The lowest BCUT2D eigenvalue weighted by Gasteiger charge is -2.38. The van der Waals surface area contributed by atoms with Crippen molar-refractivity contribution in [3.63, 3.8) is 0 Å². The molecule has 2 N–H and O–H groups in total. The van der Waals surface area contributed by atoms with Crippen LogP contribution in [-0.2, 0) is 19.1 Å². The highest BCUT2D eigenvalue weighted by molar-refractivity contribution is 5.93. The van der Waals surface area contributed by atoms with Crippen LogP contribution in [0.1, 0.15) is 32.6 Å². The minimum atomic E-state index is -0.835. The Hall–Kier alpha value is -2.61. The first-order valence-electron chi connectivity index (χ1n) is 10.2. The average Bonchev–Trinajstić information content (AvgIpc) is 2.73. The lowest BCUT2D eigenvalue weighted by molar-refractivity contribution is -0.153. The molecule has 0 aliphatic carbocycles. The van der Waals surface area contributed by atoms with Gasteiger partial charge in [0.05, 0.1) is 12.5 Å². The van der Waals surface area contributed by atoms with Crippen molar-refractivity contribution >= 4 is 17.8 Å². The summed E-state index contributed by atoms with van der Waals surface area (Å²) in [6.45, 7) is 3.14. The predicted octanol–water partition coefficient (Wildman–Crippen LogP) is 0.856. The summed E-state index contributed by atoms with van der Waals surface area (Å²) in [5, 5.41) is 6.04. The molecule has 8 nitrogen and oxygen atoms in total. The summed E-state index contributed by atoms with van der Waals surface area (Å²) >= 11 is 0. The van der Waals surface area contributed by atoms with E-state index in [0.29, 0.717) is 18.8 Å². The Balaban J connectivity index is 1.50. The predicted molar refractivity (Wildman–Crippen MR) is 106 cm³/mol. The molecule has 0 radical (unpaired) electrons. The number of nitrogens with zero attached hydrogens (tertiary/aromatic N) is 1. The summed E-state index contributed by atoms with van der Waals surface area (Å²) < 4.78 is 10.7. The number of hydrogen-bond acceptors (Lipinski definition) is 6. The molecule has 3 unspecified atom stereocenters. The number of amides is 2. The number of piperidine rings is 1. The van der Waals surface area contributed by atoms with Crippen LogP contribution in [0.4, 0.5) is 0 Å². The molecule has 0 saturated carbocycles. The molecule has 0 aromatic heterocycles. The first kappa shape index (κ1) is 21.1. The summed E-state index contributed by atoms with van der Waals surface area (Å²) in [6.07, 6.45) is 2.59. The molecule has 2 aliphatic rings. The van der Waals surface area contributed by atoms with Gasteiger partial charge in [0.1, 0.15) is 25.0 Å². The number of esters is 1. The number of carbonyl (C=O) groups is 3. The summed E-state index contributed by atoms with van der Waals surface area (Å²) in [4.78, 5) is 39.1. The van der Waals surface area contributed by atoms with Gasteiger partial charge in [0.2, 0.25) is 11.8 Å². The van der Waals surface area contributed by atoms with Crippen molar-refractivity contribution in [2.45, 2.75) is 50.7 Å². The van der Waals surface area contributed by atoms with Crippen LogP contribution in [0, 0.1) is 0 Å². The van der Waals surface area contributed by atoms with Crippen molar-refractivity contribution in [1.82, 2.24) is 15.5 Å². The smallest absolute Gasteiger partial charge is 0.308 e. The van der Waals surface area contributed by atoms with Crippen LogP contribution >= 0.6 is 0 Å². The maximum absolute atomic E-state index is 13.0. The number of carbonyl (C=O) groups excluding carboxylic acids is 3. The van der Waals surface area contributed by atoms with E-state index in [0.717, 1.165) is 19.3 Å². The van der Waals surface area contributed by atoms with Crippen molar-refractivity contribution in [1.29, 1.82) is 0 Å². The second-order valence-corrected chi connectivity index (χ2v) is 7.48. The molecule has 2 fully saturated rings. The third-order valence-corrected chi connectivity index (χ3v) is 5.25. The van der Waals surface area contributed by atoms with Gasteiger partial charge in [-0.25, -0.2) is 0 Å². The quantitative estimate of drug-likeness (QED) is 0.518. The van der Waals surface area contributed by atoms with Crippen LogP contribution in [0.5, 0.6) is 5.75 Å². The normalized spacial score (nSPS) is 24.5. The van der Waals surface area contributed by atoms with Crippen LogP contribution in [-0.4, -0.2) is 67.1 Å². The fourth-order valence-corrected chi connectivity index (χ4v) is 3.76. The highest BCUT2D eigenvalue weighted by atomic mass is 16.6. The second kappa shape index (κ2) is 10.2. The van der Waals surface area contributed by atoms with Gasteiger partial charge in [0.15, 0.2) is 0 Å². The van der Waals surface area contributed by atoms with Gasteiger partial charge in [-0.3, -0.25) is 14.4 Å². The third-order valence-electron chi connectivity index (χ3n) is 5.25. The third kappa shape index (κ3) is 5.93. The van der Waals surface area contributed by atoms with Gasteiger partial charge in [-0.15, -0.1) is 0 Å². The van der Waals surface area contributed by atoms with E-state index in [9.17, 15) is 14.4 Å². The summed E-state index contributed by atoms with van der Waals surface area (Å²) in [7, 11) is 0. The van der Waals surface area contributed by atoms with E-state index in [2.05, 4.69) is 17.6 Å². The van der Waals surface area contributed by atoms with Crippen LogP contribution in [0.25, 0.3) is 0 Å². The van der Waals surface area contributed by atoms with Crippen molar-refractivity contribution in [3.05, 3.63) is 30.3 Å². The first-order chi connectivity index (χ1) is 14.0. The van der Waals surface area contributed by atoms with Crippen LogP contribution in [0.15, 0.2) is 30.3 Å². The lowest BCUT2D eigenvalue weighted by Crippen LogP contribution is -2.62. The van der Waals surface area contributed by atoms with Gasteiger partial charge in [-0.05, 0) is 38.3 Å². The number of ether oxygens (including phenoxy) is 2. The molecular weight excluding hydrogens is 374 g/mol. The van der Waals surface area contributed by atoms with Crippen LogP contribution in [0.3, 0.4) is 0 Å². The molecular formula is C21H29N3O5. The number of benzene rings is 1. The number of rotatable bonds is 7. The largest absolute Gasteiger partial charge is 0.490 e. The maximum Gasteiger partial charge on any atom is 0.308 e. The zero-order chi connectivity index (χ0) is 20.6. The Morgan fingerprint density at radius 2 is 1.97 bits per heavy atom. The fourth-order valence-electron chi connectivity index (χ4n) is 3.76. The molecule has 29 heavy (non-hydrogen) atoms. The first-order valence-corrected chi connectivity index (χ1v) is 10.2. The van der Waals surface area contributed by atoms with E-state index in [-0.39, 0.29) is 43.5 Å². The van der Waals surface area contributed by atoms with Crippen molar-refractivity contribution in [3.8, 4) is 5.75 Å². The van der Waals surface area contributed by atoms with Crippen molar-refractivity contribution in [2.24, 2.45) is 0 Å². The Morgan fingerprint density at radius 1 is 1.17 bits per heavy atom. The molecule has 3 rings (SSSR count). The summed E-state index contributed by atoms with van der Waals surface area (Å²) in [5.74, 6) is -0.254. The molecule has 2 aliphatic heterocycles. The average molecular weight is 403 g/mol. The van der Waals surface area contributed by atoms with Gasteiger partial charge < -0.3 is 25.0 Å². The van der Waals surface area contributed by atoms with Gasteiger partial charge in [-0.2, -0.15) is 0 Å². The van der Waals surface area contributed by atoms with E-state index in [4.69, 9.17) is 9.47 Å². The molecule has 1 aromatic rings. The second-order valence-electron chi connectivity index (χ2n) is 7.48. The van der Waals surface area contributed by atoms with Gasteiger partial charge in [0, 0.05) is 19.1 Å². The van der Waals surface area contributed by atoms with Crippen molar-refractivity contribution < 1.29 is 23.9 Å². The number of hydrogen-bond donors (Lipinski definition) is 2. The van der Waals surface area contributed by atoms with E-state index in [1.807, 2.05) is 30.3 Å². The highest BCUT2D eigenvalue weighted by Crippen LogP contribution is 2.18. The lowest BCUT2D eigenvalue weighted by atomic mass is 9.97. The standard InChI is InChI=1S/C21H29N3O5/c1-15-6-5-9-17(23-15)21(27)24-11-10-22-20(26)18(24)14-19(25)29-13-12-28-16-7-3-2-4-8-16/h2-4,7-8,15,17-18,23H,5-6,9-14H2,1H3,(H,22,26). The molecule has 158 valence electrons. The van der Waals surface area contributed by atoms with Gasteiger partial charge in [0.25, 0.3) is 0 Å². The minimum Gasteiger partial charge on any atom is -0.490 e. The Bertz CT molecular complexity index is 712. The van der Waals surface area contributed by atoms with Gasteiger partial charge >= 0.3 is 5.97 Å². The van der Waals surface area contributed by atoms with Gasteiger partial charge in [-0.1, -0.05) is 18.2 Å². The molecule has 0 spiro atoms. The molecule has 2 saturated heterocycles. The molecule has 8 heteroatoms. The molecule has 2 heterocycles. The van der Waals surface area contributed by atoms with E-state index < -0.39 is 12.0 Å².